The van der Waals surface area contributed by atoms with E-state index < -0.39 is 12.0 Å². The van der Waals surface area contributed by atoms with Crippen LogP contribution >= 0.6 is 0 Å². The summed E-state index contributed by atoms with van der Waals surface area (Å²) in [5, 5.41) is 11.1. The van der Waals surface area contributed by atoms with Crippen LogP contribution in [-0.2, 0) is 9.59 Å². The van der Waals surface area contributed by atoms with Crippen molar-refractivity contribution in [3.63, 3.8) is 0 Å². The number of aliphatic carboxylic acids is 1. The lowest BCUT2D eigenvalue weighted by Gasteiger charge is -2.15. The van der Waals surface area contributed by atoms with E-state index in [1.807, 2.05) is 6.92 Å². The molecule has 0 fully saturated rings. The van der Waals surface area contributed by atoms with Crippen molar-refractivity contribution in [1.82, 2.24) is 5.32 Å². The van der Waals surface area contributed by atoms with Crippen molar-refractivity contribution >= 4 is 11.9 Å². The van der Waals surface area contributed by atoms with Gasteiger partial charge in [-0.25, -0.2) is 0 Å². The third-order valence-electron chi connectivity index (χ3n) is 2.07. The second-order valence-electron chi connectivity index (χ2n) is 3.76. The van der Waals surface area contributed by atoms with Crippen LogP contribution in [0.2, 0.25) is 0 Å². The summed E-state index contributed by atoms with van der Waals surface area (Å²) in [6, 6.07) is -0.899. The van der Waals surface area contributed by atoms with Gasteiger partial charge in [0, 0.05) is 6.04 Å². The molecular formula is C10H20N2O3. The minimum Gasteiger partial charge on any atom is -0.481 e. The van der Waals surface area contributed by atoms with Crippen molar-refractivity contribution in [2.75, 3.05) is 0 Å². The van der Waals surface area contributed by atoms with Gasteiger partial charge in [0.15, 0.2) is 0 Å². The normalized spacial score (nSPS) is 14.3. The van der Waals surface area contributed by atoms with Crippen LogP contribution in [0.3, 0.4) is 0 Å². The standard InChI is InChI=1S/C10H20N2O3/c1-3-4-5-8(11)10(15)12-7(2)6-9(13)14/h7-8H,3-6,11H2,1-2H3,(H,12,15)(H,13,14). The van der Waals surface area contributed by atoms with Crippen LogP contribution in [0.1, 0.15) is 39.5 Å². The Bertz CT molecular complexity index is 219. The molecule has 0 aromatic rings. The summed E-state index contributed by atoms with van der Waals surface area (Å²) < 4.78 is 0. The molecular weight excluding hydrogens is 196 g/mol. The molecule has 0 radical (unpaired) electrons. The van der Waals surface area contributed by atoms with Crippen molar-refractivity contribution in [3.8, 4) is 0 Å². The fourth-order valence-corrected chi connectivity index (χ4v) is 1.22. The van der Waals surface area contributed by atoms with Crippen LogP contribution in [0.4, 0.5) is 0 Å². The van der Waals surface area contributed by atoms with E-state index in [-0.39, 0.29) is 18.4 Å². The number of carboxylic acid groups (broad SMARTS) is 1. The largest absolute Gasteiger partial charge is 0.481 e. The monoisotopic (exact) mass is 216 g/mol. The molecule has 0 spiro atoms. The van der Waals surface area contributed by atoms with Gasteiger partial charge in [0.2, 0.25) is 5.91 Å². The van der Waals surface area contributed by atoms with Gasteiger partial charge in [-0.2, -0.15) is 0 Å². The van der Waals surface area contributed by atoms with Crippen LogP contribution in [-0.4, -0.2) is 29.1 Å². The van der Waals surface area contributed by atoms with Crippen LogP contribution < -0.4 is 11.1 Å². The smallest absolute Gasteiger partial charge is 0.305 e. The molecule has 0 aromatic heterocycles. The van der Waals surface area contributed by atoms with Crippen LogP contribution in [0, 0.1) is 0 Å². The van der Waals surface area contributed by atoms with Gasteiger partial charge in [0.05, 0.1) is 12.5 Å². The summed E-state index contributed by atoms with van der Waals surface area (Å²) in [6.07, 6.45) is 2.46. The first-order chi connectivity index (χ1) is 6.97. The first kappa shape index (κ1) is 13.9. The molecule has 2 atom stereocenters. The lowest BCUT2D eigenvalue weighted by molar-refractivity contribution is -0.137. The summed E-state index contributed by atoms with van der Waals surface area (Å²) in [5.41, 5.74) is 5.62. The lowest BCUT2D eigenvalue weighted by Crippen LogP contribution is -2.44. The summed E-state index contributed by atoms with van der Waals surface area (Å²) in [5.74, 6) is -1.19. The highest BCUT2D eigenvalue weighted by Gasteiger charge is 2.16. The van der Waals surface area contributed by atoms with Gasteiger partial charge in [0.25, 0.3) is 0 Å². The van der Waals surface area contributed by atoms with E-state index in [2.05, 4.69) is 5.32 Å². The topological polar surface area (TPSA) is 92.4 Å². The van der Waals surface area contributed by atoms with Crippen molar-refractivity contribution < 1.29 is 14.7 Å². The average Bonchev–Trinajstić information content (AvgIpc) is 2.12. The Labute approximate surface area is 90.0 Å². The Morgan fingerprint density at radius 2 is 2.07 bits per heavy atom. The van der Waals surface area contributed by atoms with E-state index in [1.54, 1.807) is 6.92 Å². The van der Waals surface area contributed by atoms with Gasteiger partial charge >= 0.3 is 5.97 Å². The maximum Gasteiger partial charge on any atom is 0.305 e. The van der Waals surface area contributed by atoms with Crippen LogP contribution in [0.5, 0.6) is 0 Å². The van der Waals surface area contributed by atoms with Gasteiger partial charge in [-0.3, -0.25) is 9.59 Å². The van der Waals surface area contributed by atoms with Crippen molar-refractivity contribution in [2.45, 2.75) is 51.6 Å². The average molecular weight is 216 g/mol. The molecule has 88 valence electrons. The zero-order valence-corrected chi connectivity index (χ0v) is 9.32. The number of amides is 1. The molecule has 0 bridgehead atoms. The molecule has 0 aliphatic carbocycles. The Morgan fingerprint density at radius 3 is 2.53 bits per heavy atom. The maximum atomic E-state index is 11.4. The fraction of sp³-hybridized carbons (Fsp3) is 0.800. The molecule has 0 heterocycles. The predicted octanol–water partition coefficient (Wildman–Crippen LogP) is 0.483. The van der Waals surface area contributed by atoms with Crippen LogP contribution in [0.25, 0.3) is 0 Å². The molecule has 0 aromatic carbocycles. The zero-order valence-electron chi connectivity index (χ0n) is 9.32. The molecule has 0 rings (SSSR count). The second kappa shape index (κ2) is 7.23. The highest BCUT2D eigenvalue weighted by atomic mass is 16.4. The van der Waals surface area contributed by atoms with E-state index in [0.717, 1.165) is 12.8 Å². The minimum absolute atomic E-state index is 0.0771. The molecule has 2 unspecified atom stereocenters. The number of carboxylic acids is 1. The third-order valence-corrected chi connectivity index (χ3v) is 2.07. The highest BCUT2D eigenvalue weighted by molar-refractivity contribution is 5.82. The zero-order chi connectivity index (χ0) is 11.8. The summed E-state index contributed by atoms with van der Waals surface area (Å²) >= 11 is 0. The Morgan fingerprint density at radius 1 is 1.47 bits per heavy atom. The molecule has 1 amide bonds. The van der Waals surface area contributed by atoms with Gasteiger partial charge in [-0.15, -0.1) is 0 Å². The Balaban J connectivity index is 3.85. The number of hydrogen-bond donors (Lipinski definition) is 3. The number of rotatable bonds is 7. The minimum atomic E-state index is -0.926. The second-order valence-corrected chi connectivity index (χ2v) is 3.76. The molecule has 15 heavy (non-hydrogen) atoms. The van der Waals surface area contributed by atoms with Gasteiger partial charge in [-0.1, -0.05) is 19.8 Å². The van der Waals surface area contributed by atoms with Gasteiger partial charge in [0.1, 0.15) is 0 Å². The molecule has 5 nitrogen and oxygen atoms in total. The number of nitrogens with two attached hydrogens (primary N) is 1. The molecule has 0 aliphatic rings. The molecule has 5 heteroatoms. The van der Waals surface area contributed by atoms with E-state index in [9.17, 15) is 9.59 Å². The summed E-state index contributed by atoms with van der Waals surface area (Å²) in [6.45, 7) is 3.68. The van der Waals surface area contributed by atoms with Crippen molar-refractivity contribution in [2.24, 2.45) is 5.73 Å². The number of unbranched alkanes of at least 4 members (excludes halogenated alkanes) is 1. The van der Waals surface area contributed by atoms with Crippen LogP contribution in [0.15, 0.2) is 0 Å². The van der Waals surface area contributed by atoms with Gasteiger partial charge < -0.3 is 16.2 Å². The fourth-order valence-electron chi connectivity index (χ4n) is 1.22. The Kier molecular flexibility index (Phi) is 6.70. The maximum absolute atomic E-state index is 11.4. The third kappa shape index (κ3) is 6.90. The Hall–Kier alpha value is -1.10. The van der Waals surface area contributed by atoms with E-state index in [1.165, 1.54) is 0 Å². The van der Waals surface area contributed by atoms with E-state index >= 15 is 0 Å². The number of carbonyl (C=O) groups is 2. The predicted molar refractivity (Wildman–Crippen MR) is 57.4 cm³/mol. The lowest BCUT2D eigenvalue weighted by atomic mass is 10.1. The highest BCUT2D eigenvalue weighted by Crippen LogP contribution is 1.99. The molecule has 0 saturated carbocycles. The van der Waals surface area contributed by atoms with E-state index in [0.29, 0.717) is 6.42 Å². The number of carbonyl (C=O) groups excluding carboxylic acids is 1. The van der Waals surface area contributed by atoms with Crippen molar-refractivity contribution in [3.05, 3.63) is 0 Å². The first-order valence-corrected chi connectivity index (χ1v) is 5.25. The van der Waals surface area contributed by atoms with E-state index in [4.69, 9.17) is 10.8 Å². The molecule has 0 saturated heterocycles. The first-order valence-electron chi connectivity index (χ1n) is 5.25. The molecule has 4 N–H and O–H groups in total. The van der Waals surface area contributed by atoms with Gasteiger partial charge in [-0.05, 0) is 13.3 Å². The SMILES string of the molecule is CCCCC(N)C(=O)NC(C)CC(=O)O. The molecule has 0 aliphatic heterocycles. The summed E-state index contributed by atoms with van der Waals surface area (Å²) in [7, 11) is 0. The number of hydrogen-bond acceptors (Lipinski definition) is 3. The summed E-state index contributed by atoms with van der Waals surface area (Å²) in [4.78, 5) is 21.8. The van der Waals surface area contributed by atoms with Crippen molar-refractivity contribution in [1.29, 1.82) is 0 Å². The quantitative estimate of drug-likeness (QED) is 0.577. The number of nitrogens with one attached hydrogen (secondary N) is 1.